The van der Waals surface area contributed by atoms with Crippen molar-refractivity contribution in [1.29, 1.82) is 0 Å². The van der Waals surface area contributed by atoms with E-state index in [1.165, 1.54) is 32.3 Å². The Bertz CT molecular complexity index is 923. The van der Waals surface area contributed by atoms with Gasteiger partial charge in [0.2, 0.25) is 10.0 Å². The maximum atomic E-state index is 12.9. The molecule has 0 saturated heterocycles. The largest absolute Gasteiger partial charge is 0.342 e. The molecule has 2 aromatic carbocycles. The molecule has 0 bridgehead atoms. The maximum Gasteiger partial charge on any atom is 0.253 e. The highest BCUT2D eigenvalue weighted by molar-refractivity contribution is 7.89. The summed E-state index contributed by atoms with van der Waals surface area (Å²) in [7, 11) is -0.749. The van der Waals surface area contributed by atoms with E-state index in [1.807, 2.05) is 30.3 Å². The SMILES string of the molecule is CN(C)S(=O)(=O)c1ccc(Cl)c(C(=O)NC2(c3ccccc3)CCC2)c1. The van der Waals surface area contributed by atoms with Gasteiger partial charge in [-0.1, -0.05) is 41.9 Å². The molecule has 138 valence electrons. The van der Waals surface area contributed by atoms with Crippen LogP contribution in [-0.2, 0) is 15.6 Å². The summed E-state index contributed by atoms with van der Waals surface area (Å²) in [6, 6.07) is 14.0. The molecule has 0 atom stereocenters. The summed E-state index contributed by atoms with van der Waals surface area (Å²) >= 11 is 6.19. The Morgan fingerprint density at radius 1 is 1.12 bits per heavy atom. The van der Waals surface area contributed by atoms with Gasteiger partial charge in [0.25, 0.3) is 5.91 Å². The summed E-state index contributed by atoms with van der Waals surface area (Å²) in [4.78, 5) is 12.9. The first-order valence-electron chi connectivity index (χ1n) is 8.36. The first-order chi connectivity index (χ1) is 12.3. The predicted molar refractivity (Wildman–Crippen MR) is 102 cm³/mol. The molecule has 0 aromatic heterocycles. The topological polar surface area (TPSA) is 66.5 Å². The van der Waals surface area contributed by atoms with Crippen molar-refractivity contribution in [2.24, 2.45) is 0 Å². The molecule has 7 heteroatoms. The second-order valence-corrected chi connectivity index (χ2v) is 9.24. The Labute approximate surface area is 159 Å². The van der Waals surface area contributed by atoms with Gasteiger partial charge in [0, 0.05) is 14.1 Å². The number of nitrogens with zero attached hydrogens (tertiary/aromatic N) is 1. The summed E-state index contributed by atoms with van der Waals surface area (Å²) in [5, 5.41) is 3.30. The van der Waals surface area contributed by atoms with Gasteiger partial charge in [0.15, 0.2) is 0 Å². The molecule has 1 saturated carbocycles. The van der Waals surface area contributed by atoms with Crippen LogP contribution in [0.5, 0.6) is 0 Å². The molecule has 1 fully saturated rings. The summed E-state index contributed by atoms with van der Waals surface area (Å²) < 4.78 is 25.8. The zero-order valence-corrected chi connectivity index (χ0v) is 16.3. The van der Waals surface area contributed by atoms with Gasteiger partial charge in [-0.2, -0.15) is 0 Å². The minimum atomic E-state index is -3.64. The Kier molecular flexibility index (Phi) is 5.10. The third-order valence-electron chi connectivity index (χ3n) is 4.85. The number of rotatable bonds is 5. The number of halogens is 1. The summed E-state index contributed by atoms with van der Waals surface area (Å²) in [5.41, 5.74) is 0.794. The van der Waals surface area contributed by atoms with Gasteiger partial charge in [0.1, 0.15) is 0 Å². The van der Waals surface area contributed by atoms with Crippen molar-refractivity contribution >= 4 is 27.5 Å². The minimum Gasteiger partial charge on any atom is -0.342 e. The highest BCUT2D eigenvalue weighted by Gasteiger charge is 2.40. The lowest BCUT2D eigenvalue weighted by molar-refractivity contribution is 0.0823. The first-order valence-corrected chi connectivity index (χ1v) is 10.2. The molecule has 1 amide bonds. The van der Waals surface area contributed by atoms with Crippen LogP contribution in [0.4, 0.5) is 0 Å². The van der Waals surface area contributed by atoms with Gasteiger partial charge in [-0.25, -0.2) is 12.7 Å². The van der Waals surface area contributed by atoms with Crippen molar-refractivity contribution in [2.75, 3.05) is 14.1 Å². The average molecular weight is 393 g/mol. The molecule has 0 radical (unpaired) electrons. The zero-order chi connectivity index (χ0) is 18.9. The monoisotopic (exact) mass is 392 g/mol. The summed E-state index contributed by atoms with van der Waals surface area (Å²) in [6.45, 7) is 0. The fraction of sp³-hybridized carbons (Fsp3) is 0.316. The van der Waals surface area contributed by atoms with E-state index in [0.29, 0.717) is 0 Å². The van der Waals surface area contributed by atoms with Crippen molar-refractivity contribution in [3.63, 3.8) is 0 Å². The van der Waals surface area contributed by atoms with E-state index in [4.69, 9.17) is 11.6 Å². The van der Waals surface area contributed by atoms with Crippen LogP contribution in [0.3, 0.4) is 0 Å². The maximum absolute atomic E-state index is 12.9. The van der Waals surface area contributed by atoms with Crippen molar-refractivity contribution in [1.82, 2.24) is 9.62 Å². The minimum absolute atomic E-state index is 0.0411. The third kappa shape index (κ3) is 3.37. The Hall–Kier alpha value is -1.89. The van der Waals surface area contributed by atoms with E-state index in [2.05, 4.69) is 5.32 Å². The fourth-order valence-corrected chi connectivity index (χ4v) is 4.24. The van der Waals surface area contributed by atoms with Gasteiger partial charge >= 0.3 is 0 Å². The molecule has 1 aliphatic rings. The van der Waals surface area contributed by atoms with E-state index >= 15 is 0 Å². The summed E-state index contributed by atoms with van der Waals surface area (Å²) in [6.07, 6.45) is 2.71. The van der Waals surface area contributed by atoms with Crippen LogP contribution in [0.25, 0.3) is 0 Å². The molecule has 0 spiro atoms. The number of nitrogens with one attached hydrogen (secondary N) is 1. The van der Waals surface area contributed by atoms with Crippen LogP contribution < -0.4 is 5.32 Å². The standard InChI is InChI=1S/C19H21ClN2O3S/c1-22(2)26(24,25)15-9-10-17(20)16(13-15)18(23)21-19(11-6-12-19)14-7-4-3-5-8-14/h3-5,7-10,13H,6,11-12H2,1-2H3,(H,21,23). The lowest BCUT2D eigenvalue weighted by atomic mass is 9.71. The predicted octanol–water partition coefficient (Wildman–Crippen LogP) is 3.40. The van der Waals surface area contributed by atoms with Crippen molar-refractivity contribution in [3.8, 4) is 0 Å². The Morgan fingerprint density at radius 2 is 1.77 bits per heavy atom. The second kappa shape index (κ2) is 7.02. The van der Waals surface area contributed by atoms with Gasteiger partial charge in [-0.05, 0) is 43.0 Å². The zero-order valence-electron chi connectivity index (χ0n) is 14.7. The molecule has 0 aliphatic heterocycles. The molecule has 1 aliphatic carbocycles. The van der Waals surface area contributed by atoms with Crippen LogP contribution in [-0.4, -0.2) is 32.7 Å². The van der Waals surface area contributed by atoms with Crippen LogP contribution in [0.2, 0.25) is 5.02 Å². The van der Waals surface area contributed by atoms with Crippen LogP contribution >= 0.6 is 11.6 Å². The van der Waals surface area contributed by atoms with Crippen LogP contribution in [0, 0.1) is 0 Å². The van der Waals surface area contributed by atoms with E-state index in [0.717, 1.165) is 29.1 Å². The van der Waals surface area contributed by atoms with E-state index in [1.54, 1.807) is 0 Å². The second-order valence-electron chi connectivity index (χ2n) is 6.68. The average Bonchev–Trinajstić information content (AvgIpc) is 2.58. The van der Waals surface area contributed by atoms with E-state index in [9.17, 15) is 13.2 Å². The molecule has 0 heterocycles. The molecular weight excluding hydrogens is 372 g/mol. The molecule has 2 aromatic rings. The Morgan fingerprint density at radius 3 is 2.31 bits per heavy atom. The highest BCUT2D eigenvalue weighted by Crippen LogP contribution is 2.41. The van der Waals surface area contributed by atoms with Crippen LogP contribution in [0.1, 0.15) is 35.2 Å². The van der Waals surface area contributed by atoms with Crippen LogP contribution in [0.15, 0.2) is 53.4 Å². The summed E-state index contributed by atoms with van der Waals surface area (Å²) in [5.74, 6) is -0.366. The lowest BCUT2D eigenvalue weighted by Crippen LogP contribution is -2.50. The quantitative estimate of drug-likeness (QED) is 0.848. The van der Waals surface area contributed by atoms with Gasteiger partial charge in [-0.15, -0.1) is 0 Å². The van der Waals surface area contributed by atoms with E-state index in [-0.39, 0.29) is 21.4 Å². The van der Waals surface area contributed by atoms with Gasteiger partial charge in [-0.3, -0.25) is 4.79 Å². The smallest absolute Gasteiger partial charge is 0.253 e. The molecule has 5 nitrogen and oxygen atoms in total. The van der Waals surface area contributed by atoms with Crippen molar-refractivity contribution in [3.05, 3.63) is 64.7 Å². The number of carbonyl (C=O) groups is 1. The van der Waals surface area contributed by atoms with Crippen molar-refractivity contribution < 1.29 is 13.2 Å². The fourth-order valence-electron chi connectivity index (χ4n) is 3.11. The van der Waals surface area contributed by atoms with Gasteiger partial charge < -0.3 is 5.32 Å². The number of benzene rings is 2. The van der Waals surface area contributed by atoms with Crippen molar-refractivity contribution in [2.45, 2.75) is 29.7 Å². The molecule has 3 rings (SSSR count). The normalized spacial score (nSPS) is 16.2. The molecule has 1 N–H and O–H groups in total. The number of amides is 1. The first kappa shape index (κ1) is 18.9. The van der Waals surface area contributed by atoms with Gasteiger partial charge in [0.05, 0.1) is 21.0 Å². The molecular formula is C19H21ClN2O3S. The number of carbonyl (C=O) groups excluding carboxylic acids is 1. The molecule has 0 unspecified atom stereocenters. The van der Waals surface area contributed by atoms with E-state index < -0.39 is 15.6 Å². The number of hydrogen-bond acceptors (Lipinski definition) is 3. The number of hydrogen-bond donors (Lipinski definition) is 1. The molecule has 26 heavy (non-hydrogen) atoms. The lowest BCUT2D eigenvalue weighted by Gasteiger charge is -2.43. The highest BCUT2D eigenvalue weighted by atomic mass is 35.5. The number of sulfonamides is 1. The third-order valence-corrected chi connectivity index (χ3v) is 6.99. The Balaban J connectivity index is 1.93.